The van der Waals surface area contributed by atoms with Crippen molar-refractivity contribution in [2.45, 2.75) is 11.4 Å². The Kier molecular flexibility index (Phi) is 6.28. The highest BCUT2D eigenvalue weighted by molar-refractivity contribution is 7.89. The average molecular weight is 482 g/mol. The lowest BCUT2D eigenvalue weighted by Gasteiger charge is -2.26. The normalized spacial score (nSPS) is 15.7. The zero-order valence-electron chi connectivity index (χ0n) is 17.8. The number of sulfonamides is 1. The molecule has 0 amide bonds. The summed E-state index contributed by atoms with van der Waals surface area (Å²) in [5.41, 5.74) is 2.82. The van der Waals surface area contributed by atoms with Gasteiger partial charge in [-0.3, -0.25) is 0 Å². The molecule has 2 aromatic heterocycles. The number of hydrogen-bond donors (Lipinski definition) is 0. The van der Waals surface area contributed by atoms with Crippen molar-refractivity contribution in [2.75, 3.05) is 26.3 Å². The molecule has 1 fully saturated rings. The van der Waals surface area contributed by atoms with Crippen LogP contribution in [0.25, 0.3) is 11.3 Å². The second-order valence-corrected chi connectivity index (χ2v) is 10.3. The average Bonchev–Trinajstić information content (AvgIpc) is 3.51. The van der Waals surface area contributed by atoms with Gasteiger partial charge in [-0.05, 0) is 42.0 Å². The molecule has 0 bridgehead atoms. The molecular weight excluding hydrogens is 458 g/mol. The highest BCUT2D eigenvalue weighted by Crippen LogP contribution is 2.23. The van der Waals surface area contributed by atoms with Crippen LogP contribution in [0, 0.1) is 0 Å². The topological polar surface area (TPSA) is 77.0 Å². The molecule has 170 valence electrons. The molecule has 0 unspecified atom stereocenters. The van der Waals surface area contributed by atoms with Crippen LogP contribution in [0.15, 0.2) is 92.7 Å². The SMILES string of the molecule is O=S(=O)(c1ccc(N=c2scc(-c3ccccc3)n2Cc2ccco2)cc1)N1CCOCC1. The first-order valence-corrected chi connectivity index (χ1v) is 12.9. The molecule has 1 aliphatic rings. The van der Waals surface area contributed by atoms with Crippen LogP contribution in [-0.4, -0.2) is 43.6 Å². The molecule has 1 aliphatic heterocycles. The van der Waals surface area contributed by atoms with Gasteiger partial charge in [0.05, 0.1) is 42.3 Å². The van der Waals surface area contributed by atoms with E-state index in [-0.39, 0.29) is 4.90 Å². The van der Waals surface area contributed by atoms with E-state index in [4.69, 9.17) is 14.1 Å². The molecule has 0 spiro atoms. The molecule has 4 aromatic rings. The molecular formula is C24H23N3O4S2. The molecule has 0 saturated carbocycles. The number of ether oxygens (including phenoxy) is 1. The van der Waals surface area contributed by atoms with Gasteiger partial charge in [0.25, 0.3) is 0 Å². The predicted molar refractivity (Wildman–Crippen MR) is 127 cm³/mol. The molecule has 0 aliphatic carbocycles. The number of benzene rings is 2. The van der Waals surface area contributed by atoms with E-state index in [1.165, 1.54) is 15.6 Å². The molecule has 33 heavy (non-hydrogen) atoms. The van der Waals surface area contributed by atoms with Gasteiger partial charge in [0.1, 0.15) is 5.76 Å². The Morgan fingerprint density at radius 3 is 2.39 bits per heavy atom. The Balaban J connectivity index is 1.49. The van der Waals surface area contributed by atoms with Crippen LogP contribution in [0.4, 0.5) is 5.69 Å². The third-order valence-corrected chi connectivity index (χ3v) is 8.21. The second-order valence-electron chi connectivity index (χ2n) is 7.56. The van der Waals surface area contributed by atoms with Crippen LogP contribution < -0.4 is 4.80 Å². The molecule has 9 heteroatoms. The fourth-order valence-electron chi connectivity index (χ4n) is 3.71. The third-order valence-electron chi connectivity index (χ3n) is 5.43. The zero-order chi connectivity index (χ0) is 22.7. The molecule has 2 aromatic carbocycles. The van der Waals surface area contributed by atoms with Crippen molar-refractivity contribution >= 4 is 27.0 Å². The van der Waals surface area contributed by atoms with Crippen molar-refractivity contribution in [1.82, 2.24) is 8.87 Å². The van der Waals surface area contributed by atoms with E-state index in [2.05, 4.69) is 22.1 Å². The van der Waals surface area contributed by atoms with Gasteiger partial charge in [0.15, 0.2) is 4.80 Å². The zero-order valence-corrected chi connectivity index (χ0v) is 19.5. The van der Waals surface area contributed by atoms with Gasteiger partial charge >= 0.3 is 0 Å². The second kappa shape index (κ2) is 9.48. The molecule has 0 radical (unpaired) electrons. The quantitative estimate of drug-likeness (QED) is 0.415. The van der Waals surface area contributed by atoms with E-state index in [1.807, 2.05) is 30.3 Å². The van der Waals surface area contributed by atoms with E-state index >= 15 is 0 Å². The van der Waals surface area contributed by atoms with E-state index in [9.17, 15) is 8.42 Å². The maximum atomic E-state index is 12.9. The van der Waals surface area contributed by atoms with Gasteiger partial charge in [-0.2, -0.15) is 4.31 Å². The standard InChI is InChI=1S/C24H23N3O4S2/c28-33(29,26-12-15-30-16-13-26)22-10-8-20(9-11-22)25-24-27(17-21-7-4-14-31-21)23(18-32-24)19-5-2-1-3-6-19/h1-11,14,18H,12-13,15-17H2. The van der Waals surface area contributed by atoms with E-state index < -0.39 is 10.0 Å². The first-order valence-electron chi connectivity index (χ1n) is 10.6. The Hall–Kier alpha value is -2.98. The summed E-state index contributed by atoms with van der Waals surface area (Å²) in [6.45, 7) is 2.13. The minimum absolute atomic E-state index is 0.267. The minimum Gasteiger partial charge on any atom is -0.467 e. The number of hydrogen-bond acceptors (Lipinski definition) is 6. The fraction of sp³-hybridized carbons (Fsp3) is 0.208. The van der Waals surface area contributed by atoms with Crippen molar-refractivity contribution in [3.63, 3.8) is 0 Å². The van der Waals surface area contributed by atoms with Crippen LogP contribution >= 0.6 is 11.3 Å². The van der Waals surface area contributed by atoms with Crippen molar-refractivity contribution in [3.05, 3.63) is 88.9 Å². The first kappa shape index (κ1) is 21.8. The Bertz CT molecular complexity index is 1370. The van der Waals surface area contributed by atoms with Gasteiger partial charge < -0.3 is 13.7 Å². The van der Waals surface area contributed by atoms with Crippen molar-refractivity contribution in [3.8, 4) is 11.3 Å². The number of rotatable bonds is 6. The summed E-state index contributed by atoms with van der Waals surface area (Å²) in [7, 11) is -3.53. The van der Waals surface area contributed by atoms with Crippen LogP contribution in [0.1, 0.15) is 5.76 Å². The first-order chi connectivity index (χ1) is 16.1. The summed E-state index contributed by atoms with van der Waals surface area (Å²) < 4.78 is 40.2. The van der Waals surface area contributed by atoms with Crippen molar-refractivity contribution in [1.29, 1.82) is 0 Å². The summed E-state index contributed by atoms with van der Waals surface area (Å²) in [4.78, 5) is 5.88. The molecule has 0 atom stereocenters. The summed E-state index contributed by atoms with van der Waals surface area (Å²) in [6.07, 6.45) is 1.66. The summed E-state index contributed by atoms with van der Waals surface area (Å²) in [6, 6.07) is 20.7. The molecule has 1 saturated heterocycles. The number of furan rings is 1. The Labute approximate surface area is 196 Å². The van der Waals surface area contributed by atoms with Gasteiger partial charge in [-0.1, -0.05) is 30.3 Å². The molecule has 7 nitrogen and oxygen atoms in total. The summed E-state index contributed by atoms with van der Waals surface area (Å²) in [5, 5.41) is 2.08. The van der Waals surface area contributed by atoms with E-state index in [0.717, 1.165) is 21.8 Å². The number of aromatic nitrogens is 1. The smallest absolute Gasteiger partial charge is 0.243 e. The predicted octanol–water partition coefficient (Wildman–Crippen LogP) is 4.11. The van der Waals surface area contributed by atoms with Gasteiger partial charge in [0.2, 0.25) is 10.0 Å². The number of morpholine rings is 1. The molecule has 0 N–H and O–H groups in total. The maximum Gasteiger partial charge on any atom is 0.243 e. The number of thiazole rings is 1. The fourth-order valence-corrected chi connectivity index (χ4v) is 6.05. The monoisotopic (exact) mass is 481 g/mol. The minimum atomic E-state index is -3.53. The lowest BCUT2D eigenvalue weighted by Crippen LogP contribution is -2.40. The number of nitrogens with zero attached hydrogens (tertiary/aromatic N) is 3. The highest BCUT2D eigenvalue weighted by atomic mass is 32.2. The van der Waals surface area contributed by atoms with Crippen molar-refractivity contribution in [2.24, 2.45) is 4.99 Å². The Morgan fingerprint density at radius 1 is 0.939 bits per heavy atom. The Morgan fingerprint density at radius 2 is 1.70 bits per heavy atom. The molecule has 5 rings (SSSR count). The van der Waals surface area contributed by atoms with Crippen LogP contribution in [0.2, 0.25) is 0 Å². The van der Waals surface area contributed by atoms with Crippen LogP contribution in [0.5, 0.6) is 0 Å². The highest BCUT2D eigenvalue weighted by Gasteiger charge is 2.26. The van der Waals surface area contributed by atoms with Crippen LogP contribution in [-0.2, 0) is 21.3 Å². The lowest BCUT2D eigenvalue weighted by atomic mass is 10.2. The van der Waals surface area contributed by atoms with Crippen LogP contribution in [0.3, 0.4) is 0 Å². The van der Waals surface area contributed by atoms with Crippen molar-refractivity contribution < 1.29 is 17.6 Å². The largest absolute Gasteiger partial charge is 0.467 e. The van der Waals surface area contributed by atoms with Gasteiger partial charge in [0, 0.05) is 18.5 Å². The molecule has 3 heterocycles. The maximum absolute atomic E-state index is 12.9. The van der Waals surface area contributed by atoms with E-state index in [0.29, 0.717) is 38.5 Å². The summed E-state index contributed by atoms with van der Waals surface area (Å²) in [5.74, 6) is 0.832. The lowest BCUT2D eigenvalue weighted by molar-refractivity contribution is 0.0730. The van der Waals surface area contributed by atoms with Gasteiger partial charge in [-0.15, -0.1) is 11.3 Å². The van der Waals surface area contributed by atoms with Gasteiger partial charge in [-0.25, -0.2) is 13.4 Å². The van der Waals surface area contributed by atoms with E-state index in [1.54, 1.807) is 30.5 Å². The third kappa shape index (κ3) is 4.72. The summed E-state index contributed by atoms with van der Waals surface area (Å²) >= 11 is 1.53.